The van der Waals surface area contributed by atoms with E-state index in [4.69, 9.17) is 33.2 Å². The lowest BCUT2D eigenvalue weighted by Gasteiger charge is -2.09. The first-order valence-electron chi connectivity index (χ1n) is 9.32. The maximum absolute atomic E-state index is 11.1. The number of hydrogen-bond donors (Lipinski definition) is 0. The van der Waals surface area contributed by atoms with Gasteiger partial charge in [-0.15, -0.1) is 0 Å². The molecule has 0 aliphatic rings. The Morgan fingerprint density at radius 3 is 1.42 bits per heavy atom. The Bertz CT molecular complexity index is 299. The molecule has 0 aromatic carbocycles. The van der Waals surface area contributed by atoms with E-state index in [2.05, 4.69) is 0 Å². The van der Waals surface area contributed by atoms with Crippen LogP contribution >= 0.6 is 0 Å². The molecule has 8 nitrogen and oxygen atoms in total. The molecule has 0 heterocycles. The van der Waals surface area contributed by atoms with Crippen molar-refractivity contribution in [1.29, 1.82) is 0 Å². The highest BCUT2D eigenvalue weighted by Crippen LogP contribution is 1.89. The lowest BCUT2D eigenvalue weighted by atomic mass is 10.5. The summed E-state index contributed by atoms with van der Waals surface area (Å²) in [5.74, 6) is -0.240. The van der Waals surface area contributed by atoms with E-state index in [0.717, 1.165) is 0 Å². The van der Waals surface area contributed by atoms with Gasteiger partial charge in [0.1, 0.15) is 0 Å². The molecular formula is C18H36O8. The molecule has 0 atom stereocenters. The topological polar surface area (TPSA) is 81.7 Å². The first-order chi connectivity index (χ1) is 12.7. The van der Waals surface area contributed by atoms with Crippen LogP contribution in [0.1, 0.15) is 27.2 Å². The zero-order valence-electron chi connectivity index (χ0n) is 16.5. The van der Waals surface area contributed by atoms with Crippen molar-refractivity contribution >= 4 is 5.97 Å². The maximum Gasteiger partial charge on any atom is 0.308 e. The molecule has 0 saturated carbocycles. The molecule has 0 spiro atoms. The fraction of sp³-hybridized carbons (Fsp3) is 0.944. The lowest BCUT2D eigenvalue weighted by molar-refractivity contribution is -0.144. The average Bonchev–Trinajstić information content (AvgIpc) is 2.60. The van der Waals surface area contributed by atoms with Crippen LogP contribution in [0.5, 0.6) is 0 Å². The fourth-order valence-corrected chi connectivity index (χ4v) is 1.71. The Morgan fingerprint density at radius 1 is 0.654 bits per heavy atom. The van der Waals surface area contributed by atoms with Gasteiger partial charge in [-0.1, -0.05) is 0 Å². The maximum atomic E-state index is 11.1. The molecule has 0 aliphatic carbocycles. The summed E-state index contributed by atoms with van der Waals surface area (Å²) in [6.45, 7) is 11.8. The van der Waals surface area contributed by atoms with E-state index >= 15 is 0 Å². The van der Waals surface area contributed by atoms with Crippen molar-refractivity contribution in [3.63, 3.8) is 0 Å². The molecule has 0 aromatic heterocycles. The van der Waals surface area contributed by atoms with Gasteiger partial charge in [-0.25, -0.2) is 0 Å². The van der Waals surface area contributed by atoms with Gasteiger partial charge in [-0.3, -0.25) is 4.79 Å². The van der Waals surface area contributed by atoms with Gasteiger partial charge >= 0.3 is 5.97 Å². The molecule has 8 heteroatoms. The minimum absolute atomic E-state index is 0.236. The van der Waals surface area contributed by atoms with E-state index in [1.165, 1.54) is 0 Å². The monoisotopic (exact) mass is 380 g/mol. The van der Waals surface area contributed by atoms with Crippen molar-refractivity contribution in [3.05, 3.63) is 0 Å². The number of esters is 1. The Hall–Kier alpha value is -0.770. The molecule has 0 N–H and O–H groups in total. The first-order valence-corrected chi connectivity index (χ1v) is 9.32. The minimum Gasteiger partial charge on any atom is -0.466 e. The zero-order chi connectivity index (χ0) is 19.3. The van der Waals surface area contributed by atoms with E-state index in [0.29, 0.717) is 79.3 Å². The summed E-state index contributed by atoms with van der Waals surface area (Å²) in [6, 6.07) is 0. The summed E-state index contributed by atoms with van der Waals surface area (Å²) < 4.78 is 36.9. The molecule has 0 rings (SSSR count). The summed E-state index contributed by atoms with van der Waals surface area (Å²) in [6.07, 6.45) is 0.507. The molecule has 0 bridgehead atoms. The number of rotatable bonds is 20. The van der Waals surface area contributed by atoms with Crippen LogP contribution in [0.2, 0.25) is 0 Å². The molecule has 0 unspecified atom stereocenters. The third kappa shape index (κ3) is 21.3. The van der Waals surface area contributed by atoms with Crippen molar-refractivity contribution in [2.75, 3.05) is 79.3 Å². The molecule has 0 saturated heterocycles. The number of ether oxygens (including phenoxy) is 7. The highest BCUT2D eigenvalue weighted by Gasteiger charge is 2.00. The third-order valence-electron chi connectivity index (χ3n) is 2.92. The van der Waals surface area contributed by atoms with Crippen molar-refractivity contribution < 1.29 is 38.0 Å². The molecule has 0 amide bonds. The largest absolute Gasteiger partial charge is 0.466 e. The predicted molar refractivity (Wildman–Crippen MR) is 96.4 cm³/mol. The normalized spacial score (nSPS) is 11.2. The molecule has 0 radical (unpaired) electrons. The molecule has 0 aromatic rings. The van der Waals surface area contributed by atoms with Crippen molar-refractivity contribution in [1.82, 2.24) is 0 Å². The Kier molecular flexibility index (Phi) is 19.9. The number of carbonyl (C=O) groups is 1. The van der Waals surface area contributed by atoms with E-state index in [1.807, 2.05) is 13.8 Å². The van der Waals surface area contributed by atoms with Gasteiger partial charge in [-0.2, -0.15) is 0 Å². The quantitative estimate of drug-likeness (QED) is 0.232. The van der Waals surface area contributed by atoms with Gasteiger partial charge in [-0.05, 0) is 20.8 Å². The smallest absolute Gasteiger partial charge is 0.308 e. The summed E-state index contributed by atoms with van der Waals surface area (Å²) >= 11 is 0. The standard InChI is InChI=1S/C18H36O8/c1-4-25-18(19)5-6-20-7-8-21-9-10-22-11-12-23-13-14-24-15-16-26-17(2)3/h17H,4-16H2,1-3H3. The fourth-order valence-electron chi connectivity index (χ4n) is 1.71. The number of carbonyl (C=O) groups excluding carboxylic acids is 1. The van der Waals surface area contributed by atoms with Crippen LogP contribution in [0.15, 0.2) is 0 Å². The van der Waals surface area contributed by atoms with Gasteiger partial charge in [0, 0.05) is 0 Å². The summed E-state index contributed by atoms with van der Waals surface area (Å²) in [5.41, 5.74) is 0. The van der Waals surface area contributed by atoms with Crippen LogP contribution in [0.3, 0.4) is 0 Å². The van der Waals surface area contributed by atoms with E-state index in [1.54, 1.807) is 6.92 Å². The van der Waals surface area contributed by atoms with Crippen molar-refractivity contribution in [3.8, 4) is 0 Å². The van der Waals surface area contributed by atoms with Crippen molar-refractivity contribution in [2.24, 2.45) is 0 Å². The Morgan fingerprint density at radius 2 is 1.04 bits per heavy atom. The second-order valence-corrected chi connectivity index (χ2v) is 5.54. The van der Waals surface area contributed by atoms with Crippen LogP contribution < -0.4 is 0 Å². The Labute approximate surface area is 157 Å². The second-order valence-electron chi connectivity index (χ2n) is 5.54. The molecule has 0 aliphatic heterocycles. The van der Waals surface area contributed by atoms with Gasteiger partial charge in [0.05, 0.1) is 91.8 Å². The van der Waals surface area contributed by atoms with E-state index in [9.17, 15) is 4.79 Å². The van der Waals surface area contributed by atoms with Gasteiger partial charge in [0.15, 0.2) is 0 Å². The highest BCUT2D eigenvalue weighted by atomic mass is 16.6. The third-order valence-corrected chi connectivity index (χ3v) is 2.92. The van der Waals surface area contributed by atoms with Gasteiger partial charge < -0.3 is 33.2 Å². The Balaban J connectivity index is 3.04. The van der Waals surface area contributed by atoms with Gasteiger partial charge in [0.25, 0.3) is 0 Å². The lowest BCUT2D eigenvalue weighted by Crippen LogP contribution is -2.15. The summed E-state index contributed by atoms with van der Waals surface area (Å²) in [7, 11) is 0. The van der Waals surface area contributed by atoms with Crippen LogP contribution in [0.25, 0.3) is 0 Å². The van der Waals surface area contributed by atoms with E-state index in [-0.39, 0.29) is 18.5 Å². The average molecular weight is 380 g/mol. The predicted octanol–water partition coefficient (Wildman–Crippen LogP) is 1.45. The van der Waals surface area contributed by atoms with Gasteiger partial charge in [0.2, 0.25) is 0 Å². The highest BCUT2D eigenvalue weighted by molar-refractivity contribution is 5.69. The van der Waals surface area contributed by atoms with Crippen LogP contribution in [-0.4, -0.2) is 91.4 Å². The molecule has 156 valence electrons. The zero-order valence-corrected chi connectivity index (χ0v) is 16.5. The summed E-state index contributed by atoms with van der Waals surface area (Å²) in [4.78, 5) is 11.1. The van der Waals surface area contributed by atoms with Crippen LogP contribution in [0.4, 0.5) is 0 Å². The SMILES string of the molecule is CCOC(=O)CCOCCOCCOCCOCCOCCOC(C)C. The van der Waals surface area contributed by atoms with E-state index < -0.39 is 0 Å². The molecule has 0 fully saturated rings. The molecule has 26 heavy (non-hydrogen) atoms. The minimum atomic E-state index is -0.240. The van der Waals surface area contributed by atoms with Crippen LogP contribution in [0, 0.1) is 0 Å². The summed E-state index contributed by atoms with van der Waals surface area (Å²) in [5, 5.41) is 0. The van der Waals surface area contributed by atoms with Crippen LogP contribution in [-0.2, 0) is 38.0 Å². The first kappa shape index (κ1) is 25.2. The second kappa shape index (κ2) is 20.5. The van der Waals surface area contributed by atoms with Crippen molar-refractivity contribution in [2.45, 2.75) is 33.3 Å². The number of hydrogen-bond acceptors (Lipinski definition) is 8. The molecular weight excluding hydrogens is 344 g/mol.